The summed E-state index contributed by atoms with van der Waals surface area (Å²) in [5.74, 6) is 0. The lowest BCUT2D eigenvalue weighted by molar-refractivity contribution is 0.162. The average Bonchev–Trinajstić information content (AvgIpc) is 1.75. The van der Waals surface area contributed by atoms with Gasteiger partial charge in [-0.25, -0.2) is 0 Å². The van der Waals surface area contributed by atoms with Crippen molar-refractivity contribution in [1.29, 1.82) is 0 Å². The fourth-order valence-corrected chi connectivity index (χ4v) is 0.204. The van der Waals surface area contributed by atoms with E-state index < -0.39 is 0 Å². The first-order chi connectivity index (χ1) is 3.41. The van der Waals surface area contributed by atoms with E-state index >= 15 is 0 Å². The first kappa shape index (κ1) is 15.7. The predicted octanol–water partition coefficient (Wildman–Crippen LogP) is -0.173. The van der Waals surface area contributed by atoms with Crippen molar-refractivity contribution in [2.75, 3.05) is 20.3 Å². The Morgan fingerprint density at radius 1 is 1.12 bits per heavy atom. The van der Waals surface area contributed by atoms with Crippen LogP contribution >= 0.6 is 0 Å². The molecule has 0 aliphatic rings. The molecule has 0 fully saturated rings. The van der Waals surface area contributed by atoms with Crippen LogP contribution in [0.3, 0.4) is 0 Å². The van der Waals surface area contributed by atoms with Crippen molar-refractivity contribution in [1.82, 2.24) is 0 Å². The first-order valence-electron chi connectivity index (χ1n) is 2.44. The van der Waals surface area contributed by atoms with Crippen LogP contribution in [0.2, 0.25) is 0 Å². The highest BCUT2D eigenvalue weighted by Crippen LogP contribution is 1.64. The Kier molecular flexibility index (Phi) is 56.1. The zero-order valence-corrected chi connectivity index (χ0v) is 5.77. The standard InChI is InChI=1S/C4H10O.CH4O.H2O/c1-3-5-4-2;1-2;/h3-4H2,1-2H3;2H,1H3;1H2. The Hall–Kier alpha value is -0.120. The lowest BCUT2D eigenvalue weighted by Crippen LogP contribution is -1.84. The van der Waals surface area contributed by atoms with Gasteiger partial charge in [0.05, 0.1) is 0 Å². The normalized spacial score (nSPS) is 6.00. The molecule has 0 saturated carbocycles. The molecule has 3 heteroatoms. The summed E-state index contributed by atoms with van der Waals surface area (Å²) in [6.45, 7) is 5.67. The zero-order chi connectivity index (χ0) is 6.12. The number of aliphatic hydroxyl groups excluding tert-OH is 1. The van der Waals surface area contributed by atoms with Gasteiger partial charge in [0.25, 0.3) is 0 Å². The van der Waals surface area contributed by atoms with Crippen LogP contribution < -0.4 is 0 Å². The minimum Gasteiger partial charge on any atom is -0.412 e. The molecule has 3 nitrogen and oxygen atoms in total. The highest BCUT2D eigenvalue weighted by Gasteiger charge is 1.64. The smallest absolute Gasteiger partial charge is 0.0437 e. The summed E-state index contributed by atoms with van der Waals surface area (Å²) in [5, 5.41) is 7.00. The molecule has 0 radical (unpaired) electrons. The fourth-order valence-electron chi connectivity index (χ4n) is 0.204. The van der Waals surface area contributed by atoms with Gasteiger partial charge in [-0.05, 0) is 13.8 Å². The van der Waals surface area contributed by atoms with Gasteiger partial charge in [-0.3, -0.25) is 0 Å². The number of ether oxygens (including phenoxy) is 1. The Balaban J connectivity index is -0.0000000750. The third-order valence-electron chi connectivity index (χ3n) is 0.408. The van der Waals surface area contributed by atoms with Crippen LogP contribution in [-0.4, -0.2) is 30.9 Å². The first-order valence-corrected chi connectivity index (χ1v) is 2.44. The van der Waals surface area contributed by atoms with Crippen LogP contribution in [0.4, 0.5) is 0 Å². The van der Waals surface area contributed by atoms with Crippen LogP contribution in [0.15, 0.2) is 0 Å². The fraction of sp³-hybridized carbons (Fsp3) is 1.00. The van der Waals surface area contributed by atoms with E-state index in [9.17, 15) is 0 Å². The second-order valence-electron chi connectivity index (χ2n) is 0.781. The molecular weight excluding hydrogens is 108 g/mol. The third kappa shape index (κ3) is 39.6. The Morgan fingerprint density at radius 2 is 1.38 bits per heavy atom. The Labute approximate surface area is 50.6 Å². The molecular formula is C5H16O3. The van der Waals surface area contributed by atoms with E-state index in [0.717, 1.165) is 20.3 Å². The van der Waals surface area contributed by atoms with Gasteiger partial charge in [0.15, 0.2) is 0 Å². The minimum atomic E-state index is 0. The maximum absolute atomic E-state index is 7.00. The quantitative estimate of drug-likeness (QED) is 0.555. The molecule has 54 valence electrons. The third-order valence-corrected chi connectivity index (χ3v) is 0.408. The van der Waals surface area contributed by atoms with Crippen molar-refractivity contribution in [3.8, 4) is 0 Å². The molecule has 0 spiro atoms. The lowest BCUT2D eigenvalue weighted by atomic mass is 10.8. The number of aliphatic hydroxyl groups is 1. The highest BCUT2D eigenvalue weighted by molar-refractivity contribution is 4.07. The largest absolute Gasteiger partial charge is 0.412 e. The van der Waals surface area contributed by atoms with Crippen molar-refractivity contribution < 1.29 is 15.3 Å². The van der Waals surface area contributed by atoms with E-state index in [4.69, 9.17) is 9.84 Å². The van der Waals surface area contributed by atoms with Crippen molar-refractivity contribution in [2.24, 2.45) is 0 Å². The molecule has 0 aromatic carbocycles. The Morgan fingerprint density at radius 3 is 1.38 bits per heavy atom. The monoisotopic (exact) mass is 124 g/mol. The van der Waals surface area contributed by atoms with E-state index in [1.54, 1.807) is 0 Å². The maximum Gasteiger partial charge on any atom is 0.0437 e. The Bertz CT molecular complexity index is 15.1. The van der Waals surface area contributed by atoms with Gasteiger partial charge >= 0.3 is 0 Å². The highest BCUT2D eigenvalue weighted by atomic mass is 16.5. The van der Waals surface area contributed by atoms with Crippen molar-refractivity contribution in [3.63, 3.8) is 0 Å². The van der Waals surface area contributed by atoms with E-state index in [2.05, 4.69) is 0 Å². The van der Waals surface area contributed by atoms with Gasteiger partial charge in [-0.2, -0.15) is 0 Å². The van der Waals surface area contributed by atoms with Crippen LogP contribution in [0.5, 0.6) is 0 Å². The summed E-state index contributed by atoms with van der Waals surface area (Å²) in [4.78, 5) is 0. The van der Waals surface area contributed by atoms with E-state index in [-0.39, 0.29) is 5.48 Å². The molecule has 0 heterocycles. The number of hydrogen-bond donors (Lipinski definition) is 1. The zero-order valence-electron chi connectivity index (χ0n) is 5.77. The van der Waals surface area contributed by atoms with Gasteiger partial charge in [0, 0.05) is 20.3 Å². The molecule has 0 aliphatic carbocycles. The van der Waals surface area contributed by atoms with Crippen molar-refractivity contribution >= 4 is 0 Å². The summed E-state index contributed by atoms with van der Waals surface area (Å²) >= 11 is 0. The van der Waals surface area contributed by atoms with Crippen molar-refractivity contribution in [3.05, 3.63) is 0 Å². The van der Waals surface area contributed by atoms with E-state index in [1.807, 2.05) is 13.8 Å². The molecule has 0 atom stereocenters. The summed E-state index contributed by atoms with van der Waals surface area (Å²) in [6, 6.07) is 0. The molecule has 0 aliphatic heterocycles. The topological polar surface area (TPSA) is 61.0 Å². The number of hydrogen-bond acceptors (Lipinski definition) is 2. The maximum atomic E-state index is 7.00. The van der Waals surface area contributed by atoms with E-state index in [1.165, 1.54) is 0 Å². The van der Waals surface area contributed by atoms with Crippen LogP contribution in [0.25, 0.3) is 0 Å². The molecule has 0 bridgehead atoms. The van der Waals surface area contributed by atoms with Crippen LogP contribution in [-0.2, 0) is 4.74 Å². The summed E-state index contributed by atoms with van der Waals surface area (Å²) in [7, 11) is 1.00. The summed E-state index contributed by atoms with van der Waals surface area (Å²) in [6.07, 6.45) is 0. The minimum absolute atomic E-state index is 0. The second-order valence-corrected chi connectivity index (χ2v) is 0.781. The van der Waals surface area contributed by atoms with Crippen LogP contribution in [0.1, 0.15) is 13.8 Å². The van der Waals surface area contributed by atoms with Gasteiger partial charge in [-0.1, -0.05) is 0 Å². The van der Waals surface area contributed by atoms with Crippen LogP contribution in [0, 0.1) is 0 Å². The van der Waals surface area contributed by atoms with E-state index in [0.29, 0.717) is 0 Å². The molecule has 0 aromatic heterocycles. The van der Waals surface area contributed by atoms with Crippen molar-refractivity contribution in [2.45, 2.75) is 13.8 Å². The lowest BCUT2D eigenvalue weighted by Gasteiger charge is -1.86. The molecule has 8 heavy (non-hydrogen) atoms. The molecule has 3 N–H and O–H groups in total. The predicted molar refractivity (Wildman–Crippen MR) is 33.9 cm³/mol. The van der Waals surface area contributed by atoms with Gasteiger partial charge in [-0.15, -0.1) is 0 Å². The van der Waals surface area contributed by atoms with Gasteiger partial charge < -0.3 is 15.3 Å². The molecule has 0 unspecified atom stereocenters. The molecule has 0 rings (SSSR count). The molecule has 0 aromatic rings. The second kappa shape index (κ2) is 28.7. The average molecular weight is 124 g/mol. The SMILES string of the molecule is CCOCC.CO.O. The summed E-state index contributed by atoms with van der Waals surface area (Å²) in [5.41, 5.74) is 0. The summed E-state index contributed by atoms with van der Waals surface area (Å²) < 4.78 is 4.83. The number of rotatable bonds is 2. The molecule has 0 saturated heterocycles. The van der Waals surface area contributed by atoms with Gasteiger partial charge in [0.1, 0.15) is 0 Å². The van der Waals surface area contributed by atoms with Gasteiger partial charge in [0.2, 0.25) is 0 Å². The molecule has 0 amide bonds.